The van der Waals surface area contributed by atoms with Crippen molar-refractivity contribution in [3.8, 4) is 0 Å². The fourth-order valence-corrected chi connectivity index (χ4v) is 2.15. The predicted octanol–water partition coefficient (Wildman–Crippen LogP) is 5.98. The van der Waals surface area contributed by atoms with Crippen molar-refractivity contribution in [3.63, 3.8) is 0 Å². The third-order valence-corrected chi connectivity index (χ3v) is 3.66. The van der Waals surface area contributed by atoms with Crippen LogP contribution in [0.2, 0.25) is 0 Å². The second-order valence-corrected chi connectivity index (χ2v) is 6.46. The van der Waals surface area contributed by atoms with E-state index in [9.17, 15) is 5.11 Å². The molecule has 1 nitrogen and oxygen atoms in total. The number of aliphatic hydroxyl groups excluding tert-OH is 1. The molecule has 0 saturated heterocycles. The first-order valence-corrected chi connectivity index (χ1v) is 8.07. The fourth-order valence-electron chi connectivity index (χ4n) is 2.15. The average molecular weight is 290 g/mol. The first-order valence-electron chi connectivity index (χ1n) is 8.07. The van der Waals surface area contributed by atoms with E-state index < -0.39 is 0 Å². The van der Waals surface area contributed by atoms with Gasteiger partial charge < -0.3 is 5.11 Å². The van der Waals surface area contributed by atoms with E-state index in [0.29, 0.717) is 0 Å². The van der Waals surface area contributed by atoms with Crippen LogP contribution in [0.15, 0.2) is 47.1 Å². The zero-order chi connectivity index (χ0) is 16.3. The van der Waals surface area contributed by atoms with Gasteiger partial charge in [0.1, 0.15) is 0 Å². The minimum atomic E-state index is 0.200. The highest BCUT2D eigenvalue weighted by molar-refractivity contribution is 5.09. The summed E-state index contributed by atoms with van der Waals surface area (Å²) < 4.78 is 0. The quantitative estimate of drug-likeness (QED) is 0.491. The van der Waals surface area contributed by atoms with Gasteiger partial charge in [0.2, 0.25) is 0 Å². The van der Waals surface area contributed by atoms with Gasteiger partial charge in [-0.25, -0.2) is 0 Å². The lowest BCUT2D eigenvalue weighted by Crippen LogP contribution is -2.08. The average Bonchev–Trinajstić information content (AvgIpc) is 2.38. The van der Waals surface area contributed by atoms with Crippen LogP contribution in [-0.4, -0.2) is 11.7 Å². The van der Waals surface area contributed by atoms with Crippen LogP contribution >= 0.6 is 0 Å². The number of rotatable bonds is 10. The van der Waals surface area contributed by atoms with Crippen molar-refractivity contribution >= 4 is 0 Å². The highest BCUT2D eigenvalue weighted by atomic mass is 16.3. The van der Waals surface area contributed by atoms with Crippen molar-refractivity contribution in [2.75, 3.05) is 6.61 Å². The Bertz CT molecular complexity index is 388. The molecule has 0 heterocycles. The molecule has 0 saturated carbocycles. The Morgan fingerprint density at radius 3 is 1.90 bits per heavy atom. The third kappa shape index (κ3) is 11.3. The van der Waals surface area contributed by atoms with Gasteiger partial charge in [-0.2, -0.15) is 0 Å². The highest BCUT2D eigenvalue weighted by Crippen LogP contribution is 2.21. The van der Waals surface area contributed by atoms with Gasteiger partial charge >= 0.3 is 0 Å². The van der Waals surface area contributed by atoms with Crippen LogP contribution in [0.25, 0.3) is 0 Å². The first-order chi connectivity index (χ1) is 9.86. The molecular formula is C20H34O. The standard InChI is InChI=1S/C20H34O/c1-16(2)9-7-11-18(5)13-14-20(15-21)19(6)12-8-10-17(3)4/h9-10,13,20-21H,6-8,11-12,14-15H2,1-5H3. The molecule has 0 aromatic rings. The van der Waals surface area contributed by atoms with Crippen LogP contribution in [0.3, 0.4) is 0 Å². The van der Waals surface area contributed by atoms with E-state index in [2.05, 4.69) is 59.4 Å². The molecule has 1 heteroatoms. The van der Waals surface area contributed by atoms with Gasteiger partial charge in [-0.15, -0.1) is 0 Å². The molecule has 0 spiro atoms. The number of hydrogen-bond donors (Lipinski definition) is 1. The molecule has 1 atom stereocenters. The van der Waals surface area contributed by atoms with E-state index in [1.807, 2.05) is 0 Å². The van der Waals surface area contributed by atoms with Crippen LogP contribution in [-0.2, 0) is 0 Å². The zero-order valence-electron chi connectivity index (χ0n) is 14.7. The summed E-state index contributed by atoms with van der Waals surface area (Å²) in [6, 6.07) is 0. The molecule has 0 aromatic heterocycles. The minimum absolute atomic E-state index is 0.200. The molecule has 0 aliphatic carbocycles. The second-order valence-electron chi connectivity index (χ2n) is 6.46. The van der Waals surface area contributed by atoms with Gasteiger partial charge in [0.05, 0.1) is 0 Å². The molecule has 1 N–H and O–H groups in total. The molecule has 0 fully saturated rings. The summed E-state index contributed by atoms with van der Waals surface area (Å²) >= 11 is 0. The molecule has 0 aliphatic heterocycles. The Balaban J connectivity index is 4.26. The van der Waals surface area contributed by atoms with Gasteiger partial charge in [-0.1, -0.05) is 47.1 Å². The number of allylic oxidation sites excluding steroid dienone is 6. The summed E-state index contributed by atoms with van der Waals surface area (Å²) in [6.45, 7) is 15.0. The lowest BCUT2D eigenvalue weighted by Gasteiger charge is -2.15. The van der Waals surface area contributed by atoms with Gasteiger partial charge in [0.25, 0.3) is 0 Å². The summed E-state index contributed by atoms with van der Waals surface area (Å²) in [6.07, 6.45) is 11.9. The van der Waals surface area contributed by atoms with E-state index in [0.717, 1.165) is 32.1 Å². The minimum Gasteiger partial charge on any atom is -0.396 e. The van der Waals surface area contributed by atoms with E-state index in [1.165, 1.54) is 22.3 Å². The van der Waals surface area contributed by atoms with Crippen molar-refractivity contribution < 1.29 is 5.11 Å². The fraction of sp³-hybridized carbons (Fsp3) is 0.600. The predicted molar refractivity (Wildman–Crippen MR) is 95.4 cm³/mol. The Labute approximate surface area is 132 Å². The smallest absolute Gasteiger partial charge is 0.0499 e. The Morgan fingerprint density at radius 2 is 1.43 bits per heavy atom. The SMILES string of the molecule is C=C(CCC=C(C)C)C(CO)CC=C(C)CCC=C(C)C. The van der Waals surface area contributed by atoms with Crippen LogP contribution in [0.4, 0.5) is 0 Å². The number of aliphatic hydroxyl groups is 1. The molecular weight excluding hydrogens is 256 g/mol. The maximum absolute atomic E-state index is 9.55. The van der Waals surface area contributed by atoms with E-state index >= 15 is 0 Å². The summed E-state index contributed by atoms with van der Waals surface area (Å²) in [7, 11) is 0. The van der Waals surface area contributed by atoms with Crippen LogP contribution in [0.5, 0.6) is 0 Å². The molecule has 0 aliphatic rings. The van der Waals surface area contributed by atoms with Gasteiger partial charge in [0, 0.05) is 12.5 Å². The molecule has 120 valence electrons. The Morgan fingerprint density at radius 1 is 0.905 bits per heavy atom. The Hall–Kier alpha value is -1.08. The number of hydrogen-bond acceptors (Lipinski definition) is 1. The van der Waals surface area contributed by atoms with E-state index in [4.69, 9.17) is 0 Å². The maximum atomic E-state index is 9.55. The largest absolute Gasteiger partial charge is 0.396 e. The summed E-state index contributed by atoms with van der Waals surface area (Å²) in [4.78, 5) is 0. The van der Waals surface area contributed by atoms with Crippen molar-refractivity contribution in [3.05, 3.63) is 47.1 Å². The molecule has 0 amide bonds. The van der Waals surface area contributed by atoms with E-state index in [1.54, 1.807) is 0 Å². The molecule has 0 aromatic carbocycles. The Kier molecular flexibility index (Phi) is 11.0. The van der Waals surface area contributed by atoms with E-state index in [-0.39, 0.29) is 12.5 Å². The van der Waals surface area contributed by atoms with Gasteiger partial charge in [-0.05, 0) is 66.7 Å². The molecule has 1 unspecified atom stereocenters. The zero-order valence-corrected chi connectivity index (χ0v) is 14.7. The molecule has 0 bridgehead atoms. The monoisotopic (exact) mass is 290 g/mol. The van der Waals surface area contributed by atoms with Crippen molar-refractivity contribution in [1.29, 1.82) is 0 Å². The summed E-state index contributed by atoms with van der Waals surface area (Å²) in [5.74, 6) is 0.203. The van der Waals surface area contributed by atoms with Crippen LogP contribution in [0.1, 0.15) is 66.7 Å². The lowest BCUT2D eigenvalue weighted by molar-refractivity contribution is 0.245. The maximum Gasteiger partial charge on any atom is 0.0499 e. The van der Waals surface area contributed by atoms with Gasteiger partial charge in [0.15, 0.2) is 0 Å². The normalized spacial score (nSPS) is 12.8. The lowest BCUT2D eigenvalue weighted by atomic mass is 9.92. The first kappa shape index (κ1) is 19.9. The molecule has 21 heavy (non-hydrogen) atoms. The molecule has 0 radical (unpaired) electrons. The molecule has 0 rings (SSSR count). The second kappa shape index (κ2) is 11.6. The van der Waals surface area contributed by atoms with Gasteiger partial charge in [-0.3, -0.25) is 0 Å². The summed E-state index contributed by atoms with van der Waals surface area (Å²) in [5, 5.41) is 9.55. The van der Waals surface area contributed by atoms with Crippen molar-refractivity contribution in [1.82, 2.24) is 0 Å². The topological polar surface area (TPSA) is 20.2 Å². The van der Waals surface area contributed by atoms with Crippen molar-refractivity contribution in [2.45, 2.75) is 66.7 Å². The highest BCUT2D eigenvalue weighted by Gasteiger charge is 2.09. The third-order valence-electron chi connectivity index (χ3n) is 3.66. The van der Waals surface area contributed by atoms with Crippen LogP contribution in [0, 0.1) is 5.92 Å². The summed E-state index contributed by atoms with van der Waals surface area (Å²) in [5.41, 5.74) is 5.30. The van der Waals surface area contributed by atoms with Crippen molar-refractivity contribution in [2.24, 2.45) is 5.92 Å². The van der Waals surface area contributed by atoms with Crippen LogP contribution < -0.4 is 0 Å².